The van der Waals surface area contributed by atoms with Crippen LogP contribution in [0.3, 0.4) is 0 Å². The number of nitrogens with one attached hydrogen (secondary N) is 1. The summed E-state index contributed by atoms with van der Waals surface area (Å²) in [5, 5.41) is 2.99. The van der Waals surface area contributed by atoms with Gasteiger partial charge >= 0.3 is 0 Å². The number of rotatable bonds is 14. The molecule has 3 amide bonds. The van der Waals surface area contributed by atoms with E-state index in [-0.39, 0.29) is 41.5 Å². The number of nitrogens with zero attached hydrogens (tertiary/aromatic N) is 1. The van der Waals surface area contributed by atoms with Crippen LogP contribution in [0.25, 0.3) is 0 Å². The second-order valence-electron chi connectivity index (χ2n) is 9.52. The van der Waals surface area contributed by atoms with Crippen LogP contribution in [-0.2, 0) is 23.9 Å². The van der Waals surface area contributed by atoms with E-state index in [0.717, 1.165) is 24.2 Å². The van der Waals surface area contributed by atoms with Gasteiger partial charge < -0.3 is 14.8 Å². The number of hydrogen-bond acceptors (Lipinski definition) is 5. The molecule has 29 heavy (non-hydrogen) atoms. The Hall–Kier alpha value is -1.73. The average molecular weight is 411 g/mol. The molecule has 0 aliphatic carbocycles. The predicted octanol–water partition coefficient (Wildman–Crippen LogP) is 2.55. The monoisotopic (exact) mass is 410 g/mol. The Labute approximate surface area is 175 Å². The molecule has 0 spiro atoms. The van der Waals surface area contributed by atoms with Crippen molar-refractivity contribution in [3.8, 4) is 0 Å². The second kappa shape index (κ2) is 11.5. The van der Waals surface area contributed by atoms with E-state index in [2.05, 4.69) is 33.0 Å². The first kappa shape index (κ1) is 25.3. The molecule has 7 nitrogen and oxygen atoms in total. The molecule has 1 rings (SSSR count). The highest BCUT2D eigenvalue weighted by Crippen LogP contribution is 2.32. The molecular weight excluding hydrogens is 372 g/mol. The summed E-state index contributed by atoms with van der Waals surface area (Å²) in [6.45, 7) is 10.7. The highest BCUT2D eigenvalue weighted by atomic mass is 16.5. The Morgan fingerprint density at radius 2 is 1.59 bits per heavy atom. The number of imide groups is 1. The molecule has 1 heterocycles. The standard InChI is InChI=1S/C22H38N2O5/c1-21(2,15-28-5)11-9-17(13-22(3,4)16-29-6)14-23-18(25)10-12-24-19(26)7-8-20(24)27/h7-8,17H,9-16H2,1-6H3,(H,23,25). The van der Waals surface area contributed by atoms with Crippen molar-refractivity contribution in [2.45, 2.75) is 53.4 Å². The van der Waals surface area contributed by atoms with E-state index in [1.807, 2.05) is 0 Å². The number of carbonyl (C=O) groups excluding carboxylic acids is 3. The van der Waals surface area contributed by atoms with Gasteiger partial charge in [0.2, 0.25) is 5.91 Å². The van der Waals surface area contributed by atoms with Crippen molar-refractivity contribution >= 4 is 17.7 Å². The predicted molar refractivity (Wildman–Crippen MR) is 112 cm³/mol. The molecule has 1 atom stereocenters. The molecule has 0 aromatic carbocycles. The van der Waals surface area contributed by atoms with Crippen molar-refractivity contribution in [3.05, 3.63) is 12.2 Å². The smallest absolute Gasteiger partial charge is 0.253 e. The van der Waals surface area contributed by atoms with Crippen molar-refractivity contribution in [3.63, 3.8) is 0 Å². The Kier molecular flexibility index (Phi) is 10.00. The van der Waals surface area contributed by atoms with Gasteiger partial charge in [-0.25, -0.2) is 0 Å². The molecule has 0 aromatic heterocycles. The molecule has 0 saturated carbocycles. The van der Waals surface area contributed by atoms with Crippen molar-refractivity contribution < 1.29 is 23.9 Å². The van der Waals surface area contributed by atoms with Gasteiger partial charge in [0.25, 0.3) is 11.8 Å². The van der Waals surface area contributed by atoms with Crippen LogP contribution in [0, 0.1) is 16.7 Å². The van der Waals surface area contributed by atoms with E-state index in [4.69, 9.17) is 9.47 Å². The van der Waals surface area contributed by atoms with E-state index in [9.17, 15) is 14.4 Å². The fourth-order valence-corrected chi connectivity index (χ4v) is 3.78. The third-order valence-electron chi connectivity index (χ3n) is 5.19. The highest BCUT2D eigenvalue weighted by molar-refractivity contribution is 6.13. The zero-order valence-corrected chi connectivity index (χ0v) is 18.9. The maximum Gasteiger partial charge on any atom is 0.253 e. The van der Waals surface area contributed by atoms with Crippen LogP contribution in [0.4, 0.5) is 0 Å². The van der Waals surface area contributed by atoms with E-state index >= 15 is 0 Å². The van der Waals surface area contributed by atoms with Crippen LogP contribution >= 0.6 is 0 Å². The Morgan fingerprint density at radius 3 is 2.14 bits per heavy atom. The summed E-state index contributed by atoms with van der Waals surface area (Å²) in [6, 6.07) is 0. The first-order valence-corrected chi connectivity index (χ1v) is 10.3. The molecular formula is C22H38N2O5. The molecule has 0 aromatic rings. The van der Waals surface area contributed by atoms with Crippen LogP contribution in [0.5, 0.6) is 0 Å². The zero-order chi connectivity index (χ0) is 22.1. The summed E-state index contributed by atoms with van der Waals surface area (Å²) in [7, 11) is 3.42. The lowest BCUT2D eigenvalue weighted by Gasteiger charge is -2.32. The van der Waals surface area contributed by atoms with Gasteiger partial charge in [0, 0.05) is 45.9 Å². The number of ether oxygens (including phenoxy) is 2. The first-order valence-electron chi connectivity index (χ1n) is 10.3. The summed E-state index contributed by atoms with van der Waals surface area (Å²) in [4.78, 5) is 36.5. The molecule has 1 N–H and O–H groups in total. The first-order chi connectivity index (χ1) is 13.5. The third-order valence-corrected chi connectivity index (χ3v) is 5.19. The fourth-order valence-electron chi connectivity index (χ4n) is 3.78. The molecule has 7 heteroatoms. The van der Waals surface area contributed by atoms with E-state index in [1.54, 1.807) is 14.2 Å². The van der Waals surface area contributed by atoms with Crippen LogP contribution in [0.1, 0.15) is 53.4 Å². The number of carbonyl (C=O) groups is 3. The number of methoxy groups -OCH3 is 2. The summed E-state index contributed by atoms with van der Waals surface area (Å²) in [5.74, 6) is -0.565. The number of amides is 3. The molecule has 1 unspecified atom stereocenters. The summed E-state index contributed by atoms with van der Waals surface area (Å²) >= 11 is 0. The Bertz CT molecular complexity index is 580. The zero-order valence-electron chi connectivity index (χ0n) is 18.9. The lowest BCUT2D eigenvalue weighted by molar-refractivity contribution is -0.137. The Balaban J connectivity index is 2.57. The van der Waals surface area contributed by atoms with Gasteiger partial charge in [0.1, 0.15) is 0 Å². The minimum absolute atomic E-state index is 0.00953. The van der Waals surface area contributed by atoms with Crippen LogP contribution in [0.15, 0.2) is 12.2 Å². The molecule has 166 valence electrons. The van der Waals surface area contributed by atoms with Crippen LogP contribution < -0.4 is 5.32 Å². The minimum Gasteiger partial charge on any atom is -0.384 e. The summed E-state index contributed by atoms with van der Waals surface area (Å²) < 4.78 is 10.7. The van der Waals surface area contributed by atoms with Gasteiger partial charge in [-0.05, 0) is 36.0 Å². The summed E-state index contributed by atoms with van der Waals surface area (Å²) in [6.07, 6.45) is 5.47. The molecule has 1 aliphatic heterocycles. The van der Waals surface area contributed by atoms with Gasteiger partial charge in [-0.1, -0.05) is 27.7 Å². The largest absolute Gasteiger partial charge is 0.384 e. The van der Waals surface area contributed by atoms with Crippen molar-refractivity contribution in [1.29, 1.82) is 0 Å². The van der Waals surface area contributed by atoms with Gasteiger partial charge in [0.15, 0.2) is 0 Å². The van der Waals surface area contributed by atoms with Gasteiger partial charge in [-0.2, -0.15) is 0 Å². The second-order valence-corrected chi connectivity index (χ2v) is 9.52. The quantitative estimate of drug-likeness (QED) is 0.445. The maximum absolute atomic E-state index is 12.3. The molecule has 0 radical (unpaired) electrons. The SMILES string of the molecule is COCC(C)(C)CCC(CNC(=O)CCN1C(=O)C=CC1=O)CC(C)(C)COC. The van der Waals surface area contributed by atoms with E-state index in [1.165, 1.54) is 12.2 Å². The normalized spacial score (nSPS) is 15.9. The van der Waals surface area contributed by atoms with Crippen molar-refractivity contribution in [1.82, 2.24) is 10.2 Å². The minimum atomic E-state index is -0.359. The van der Waals surface area contributed by atoms with Gasteiger partial charge in [0.05, 0.1) is 13.2 Å². The molecule has 0 fully saturated rings. The summed E-state index contributed by atoms with van der Waals surface area (Å²) in [5.41, 5.74) is 0.0848. The van der Waals surface area contributed by atoms with Gasteiger partial charge in [-0.15, -0.1) is 0 Å². The highest BCUT2D eigenvalue weighted by Gasteiger charge is 2.27. The lowest BCUT2D eigenvalue weighted by Crippen LogP contribution is -2.37. The topological polar surface area (TPSA) is 84.9 Å². The van der Waals surface area contributed by atoms with Gasteiger partial charge in [-0.3, -0.25) is 19.3 Å². The van der Waals surface area contributed by atoms with Crippen molar-refractivity contribution in [2.75, 3.05) is 40.5 Å². The van der Waals surface area contributed by atoms with E-state index < -0.39 is 0 Å². The molecule has 0 saturated heterocycles. The van der Waals surface area contributed by atoms with Crippen molar-refractivity contribution in [2.24, 2.45) is 16.7 Å². The number of hydrogen-bond donors (Lipinski definition) is 1. The average Bonchev–Trinajstić information content (AvgIpc) is 2.93. The molecule has 0 bridgehead atoms. The fraction of sp³-hybridized carbons (Fsp3) is 0.773. The van der Waals surface area contributed by atoms with Crippen LogP contribution in [0.2, 0.25) is 0 Å². The lowest BCUT2D eigenvalue weighted by atomic mass is 9.78. The van der Waals surface area contributed by atoms with Crippen LogP contribution in [-0.4, -0.2) is 63.1 Å². The Morgan fingerprint density at radius 1 is 1.03 bits per heavy atom. The maximum atomic E-state index is 12.3. The third kappa shape index (κ3) is 9.54. The van der Waals surface area contributed by atoms with E-state index in [0.29, 0.717) is 25.7 Å². The molecule has 1 aliphatic rings.